The lowest BCUT2D eigenvalue weighted by Crippen LogP contribution is -2.36. The van der Waals surface area contributed by atoms with Crippen LogP contribution in [0.3, 0.4) is 0 Å². The zero-order valence-electron chi connectivity index (χ0n) is 32.1. The molecule has 2 aromatic heterocycles. The Morgan fingerprint density at radius 3 is 1.92 bits per heavy atom. The first kappa shape index (κ1) is 33.6. The molecule has 1 N–H and O–H groups in total. The molecule has 0 saturated carbocycles. The van der Waals surface area contributed by atoms with Gasteiger partial charge in [-0.1, -0.05) is 140 Å². The summed E-state index contributed by atoms with van der Waals surface area (Å²) < 4.78 is 12.8. The number of aryl methyl sites for hydroxylation is 1. The van der Waals surface area contributed by atoms with Crippen molar-refractivity contribution in [2.75, 3.05) is 0 Å². The van der Waals surface area contributed by atoms with E-state index in [0.29, 0.717) is 0 Å². The molecule has 0 spiro atoms. The quantitative estimate of drug-likeness (QED) is 0.190. The SMILES string of the molecule is c1ccc(C2=NC(c3cccc4oc5ccc(-c6ccc7c(c6)-c6ccccc6CCC7c6ccc7oc8ccccc8c7c6)cc5c34)N=C(c3ccccc3)N2)cc1. The Morgan fingerprint density at radius 2 is 1.08 bits per heavy atom. The maximum atomic E-state index is 6.55. The van der Waals surface area contributed by atoms with E-state index < -0.39 is 6.17 Å². The third kappa shape index (κ3) is 5.69. The predicted octanol–water partition coefficient (Wildman–Crippen LogP) is 13.4. The normalized spacial score (nSPS) is 15.4. The average Bonchev–Trinajstić information content (AvgIpc) is 3.82. The Labute approximate surface area is 341 Å². The summed E-state index contributed by atoms with van der Waals surface area (Å²) in [4.78, 5) is 10.5. The van der Waals surface area contributed by atoms with Crippen LogP contribution in [-0.2, 0) is 6.42 Å². The van der Waals surface area contributed by atoms with E-state index in [4.69, 9.17) is 18.8 Å². The molecular weight excluding hydrogens is 723 g/mol. The van der Waals surface area contributed by atoms with Crippen LogP contribution in [0, 0.1) is 0 Å². The van der Waals surface area contributed by atoms with Crippen molar-refractivity contribution < 1.29 is 8.83 Å². The van der Waals surface area contributed by atoms with Gasteiger partial charge in [0.1, 0.15) is 34.0 Å². The standard InChI is InChI=1S/C54H37N3O2/c1-3-13-34(14-4-1)52-55-53(35-15-5-2-6-16-35)57-54(56-52)43-19-11-21-50-51(43)46-31-37(24-28-49(46)59-50)36-23-27-41-40(26-22-33-12-7-8-17-39(33)44(41)30-36)38-25-29-48-45(32-38)42-18-9-10-20-47(42)58-48/h1-21,23-25,27-32,40,54H,22,26H2,(H,55,56,57). The van der Waals surface area contributed by atoms with Gasteiger partial charge in [0.2, 0.25) is 0 Å². The number of nitrogens with one attached hydrogen (secondary N) is 1. The molecule has 1 unspecified atom stereocenters. The molecule has 10 aromatic rings. The molecule has 3 heterocycles. The fraction of sp³-hybridized carbons (Fsp3) is 0.0741. The first-order valence-corrected chi connectivity index (χ1v) is 20.3. The molecule has 1 atom stereocenters. The molecule has 0 amide bonds. The number of amidine groups is 2. The molecule has 0 fully saturated rings. The molecule has 12 rings (SSSR count). The minimum atomic E-state index is -0.477. The highest BCUT2D eigenvalue weighted by molar-refractivity contribution is 6.16. The van der Waals surface area contributed by atoms with Gasteiger partial charge < -0.3 is 14.2 Å². The van der Waals surface area contributed by atoms with Gasteiger partial charge >= 0.3 is 0 Å². The summed E-state index contributed by atoms with van der Waals surface area (Å²) in [5, 5.41) is 7.95. The molecule has 1 aliphatic heterocycles. The average molecular weight is 760 g/mol. The fourth-order valence-electron chi connectivity index (χ4n) is 9.36. The number of nitrogens with zero attached hydrogens (tertiary/aromatic N) is 2. The molecule has 5 heteroatoms. The molecule has 1 aliphatic carbocycles. The number of hydrogen-bond donors (Lipinski definition) is 1. The van der Waals surface area contributed by atoms with Crippen molar-refractivity contribution in [2.24, 2.45) is 9.98 Å². The van der Waals surface area contributed by atoms with Gasteiger partial charge in [-0.2, -0.15) is 0 Å². The maximum Gasteiger partial charge on any atom is 0.170 e. The van der Waals surface area contributed by atoms with Crippen LogP contribution in [0.2, 0.25) is 0 Å². The molecule has 0 radical (unpaired) electrons. The van der Waals surface area contributed by atoms with Crippen LogP contribution >= 0.6 is 0 Å². The van der Waals surface area contributed by atoms with E-state index in [0.717, 1.165) is 85.3 Å². The van der Waals surface area contributed by atoms with E-state index in [2.05, 4.69) is 133 Å². The summed E-state index contributed by atoms with van der Waals surface area (Å²) in [5.41, 5.74) is 15.5. The largest absolute Gasteiger partial charge is 0.456 e. The third-order valence-electron chi connectivity index (χ3n) is 12.2. The van der Waals surface area contributed by atoms with Gasteiger partial charge in [-0.15, -0.1) is 0 Å². The fourth-order valence-corrected chi connectivity index (χ4v) is 9.36. The molecule has 2 aliphatic rings. The van der Waals surface area contributed by atoms with Crippen LogP contribution in [0.5, 0.6) is 0 Å². The van der Waals surface area contributed by atoms with Crippen LogP contribution in [-0.4, -0.2) is 11.7 Å². The van der Waals surface area contributed by atoms with Crippen molar-refractivity contribution in [3.8, 4) is 22.3 Å². The van der Waals surface area contributed by atoms with Crippen LogP contribution in [0.1, 0.15) is 51.9 Å². The number of hydrogen-bond acceptors (Lipinski definition) is 5. The van der Waals surface area contributed by atoms with Crippen molar-refractivity contribution in [1.29, 1.82) is 0 Å². The van der Waals surface area contributed by atoms with Crippen molar-refractivity contribution in [2.45, 2.75) is 24.9 Å². The topological polar surface area (TPSA) is 63.0 Å². The molecule has 8 aromatic carbocycles. The Hall–Kier alpha value is -7.50. The molecule has 5 nitrogen and oxygen atoms in total. The molecule has 280 valence electrons. The first-order valence-electron chi connectivity index (χ1n) is 20.3. The Morgan fingerprint density at radius 1 is 0.441 bits per heavy atom. The molecular formula is C54H37N3O2. The maximum absolute atomic E-state index is 6.55. The zero-order valence-corrected chi connectivity index (χ0v) is 32.1. The van der Waals surface area contributed by atoms with Crippen molar-refractivity contribution >= 4 is 55.5 Å². The lowest BCUT2D eigenvalue weighted by Gasteiger charge is -2.22. The lowest BCUT2D eigenvalue weighted by atomic mass is 9.84. The highest BCUT2D eigenvalue weighted by Gasteiger charge is 2.27. The van der Waals surface area contributed by atoms with E-state index in [9.17, 15) is 0 Å². The van der Waals surface area contributed by atoms with Gasteiger partial charge in [-0.05, 0) is 94.3 Å². The van der Waals surface area contributed by atoms with E-state index in [1.165, 1.54) is 38.8 Å². The summed E-state index contributed by atoms with van der Waals surface area (Å²) in [6.07, 6.45) is 1.56. The monoisotopic (exact) mass is 759 g/mol. The van der Waals surface area contributed by atoms with Gasteiger partial charge in [-0.25, -0.2) is 9.98 Å². The van der Waals surface area contributed by atoms with E-state index in [1.54, 1.807) is 0 Å². The minimum Gasteiger partial charge on any atom is -0.456 e. The minimum absolute atomic E-state index is 0.236. The number of aliphatic imine (C=N–C) groups is 2. The number of benzene rings is 8. The highest BCUT2D eigenvalue weighted by Crippen LogP contribution is 2.45. The van der Waals surface area contributed by atoms with Crippen molar-refractivity contribution in [1.82, 2.24) is 5.32 Å². The van der Waals surface area contributed by atoms with Crippen LogP contribution < -0.4 is 5.32 Å². The van der Waals surface area contributed by atoms with Crippen LogP contribution in [0.15, 0.2) is 201 Å². The summed E-state index contributed by atoms with van der Waals surface area (Å²) in [7, 11) is 0. The highest BCUT2D eigenvalue weighted by atomic mass is 16.3. The summed E-state index contributed by atoms with van der Waals surface area (Å²) >= 11 is 0. The van der Waals surface area contributed by atoms with Crippen LogP contribution in [0.25, 0.3) is 66.1 Å². The van der Waals surface area contributed by atoms with Gasteiger partial charge in [0.15, 0.2) is 6.17 Å². The van der Waals surface area contributed by atoms with Crippen LogP contribution in [0.4, 0.5) is 0 Å². The summed E-state index contributed by atoms with van der Waals surface area (Å²) in [5.74, 6) is 1.81. The van der Waals surface area contributed by atoms with Crippen molar-refractivity contribution in [3.05, 3.63) is 215 Å². The van der Waals surface area contributed by atoms with Gasteiger partial charge in [0, 0.05) is 44.2 Å². The number of rotatable bonds is 5. The molecule has 0 bridgehead atoms. The molecule has 59 heavy (non-hydrogen) atoms. The van der Waals surface area contributed by atoms with Gasteiger partial charge in [0.25, 0.3) is 0 Å². The van der Waals surface area contributed by atoms with Gasteiger partial charge in [0.05, 0.1) is 0 Å². The third-order valence-corrected chi connectivity index (χ3v) is 12.2. The predicted molar refractivity (Wildman–Crippen MR) is 240 cm³/mol. The van der Waals surface area contributed by atoms with Gasteiger partial charge in [-0.3, -0.25) is 0 Å². The van der Waals surface area contributed by atoms with Crippen molar-refractivity contribution in [3.63, 3.8) is 0 Å². The Bertz CT molecular complexity index is 3260. The summed E-state index contributed by atoms with van der Waals surface area (Å²) in [6, 6.07) is 64.5. The lowest BCUT2D eigenvalue weighted by molar-refractivity contribution is 0.667. The van der Waals surface area contributed by atoms with E-state index >= 15 is 0 Å². The smallest absolute Gasteiger partial charge is 0.170 e. The molecule has 0 saturated heterocycles. The van der Waals surface area contributed by atoms with E-state index in [1.807, 2.05) is 54.6 Å². The number of furan rings is 2. The number of para-hydroxylation sites is 1. The first-order chi connectivity index (χ1) is 29.2. The van der Waals surface area contributed by atoms with E-state index in [-0.39, 0.29) is 5.92 Å². The Kier molecular flexibility index (Phi) is 7.73. The second-order valence-electron chi connectivity index (χ2n) is 15.6. The second kappa shape index (κ2) is 13.6. The zero-order chi connectivity index (χ0) is 38.9. The summed E-state index contributed by atoms with van der Waals surface area (Å²) in [6.45, 7) is 0. The Balaban J connectivity index is 0.991. The second-order valence-corrected chi connectivity index (χ2v) is 15.6. The number of fused-ring (bicyclic) bond motifs is 9.